The molecule has 7 heteroatoms. The average Bonchev–Trinajstić information content (AvgIpc) is 3.04. The first-order chi connectivity index (χ1) is 15.0. The molecular formula is C24H21N3O4. The number of Topliss-reactive ketones (excluding diaryl/α,β-unsaturated/α-hetero) is 1. The van der Waals surface area contributed by atoms with Crippen molar-refractivity contribution >= 4 is 17.4 Å². The number of aliphatic hydroxyl groups is 1. The zero-order valence-electron chi connectivity index (χ0n) is 17.1. The predicted molar refractivity (Wildman–Crippen MR) is 114 cm³/mol. The Kier molecular flexibility index (Phi) is 5.49. The van der Waals surface area contributed by atoms with Gasteiger partial charge in [-0.3, -0.25) is 19.6 Å². The van der Waals surface area contributed by atoms with Crippen molar-refractivity contribution in [2.75, 3.05) is 7.11 Å². The minimum atomic E-state index is -0.746. The number of carbonyl (C=O) groups excluding carboxylic acids is 2. The largest absolute Gasteiger partial charge is 0.507 e. The SMILES string of the molecule is COc1ccc(C(O)=C2C(=O)C(=O)N(Cc3cccnc3)C2c2ccncc2)c(C)c1. The second-order valence-electron chi connectivity index (χ2n) is 7.25. The van der Waals surface area contributed by atoms with E-state index in [1.165, 1.54) is 4.90 Å². The summed E-state index contributed by atoms with van der Waals surface area (Å²) in [5, 5.41) is 11.2. The van der Waals surface area contributed by atoms with E-state index in [1.807, 2.05) is 13.0 Å². The number of nitrogens with zero attached hydrogens (tertiary/aromatic N) is 3. The van der Waals surface area contributed by atoms with Crippen LogP contribution in [0.3, 0.4) is 0 Å². The van der Waals surface area contributed by atoms with Crippen LogP contribution in [0, 0.1) is 6.92 Å². The lowest BCUT2D eigenvalue weighted by atomic mass is 9.94. The molecule has 1 atom stereocenters. The highest BCUT2D eigenvalue weighted by atomic mass is 16.5. The van der Waals surface area contributed by atoms with Crippen molar-refractivity contribution in [1.82, 2.24) is 14.9 Å². The Balaban J connectivity index is 1.86. The number of likely N-dealkylation sites (tertiary alicyclic amines) is 1. The van der Waals surface area contributed by atoms with Gasteiger partial charge in [0.2, 0.25) is 0 Å². The maximum Gasteiger partial charge on any atom is 0.295 e. The normalized spacial score (nSPS) is 17.7. The lowest BCUT2D eigenvalue weighted by Gasteiger charge is -2.25. The minimum Gasteiger partial charge on any atom is -0.507 e. The molecule has 0 spiro atoms. The van der Waals surface area contributed by atoms with E-state index in [4.69, 9.17) is 4.74 Å². The second-order valence-corrected chi connectivity index (χ2v) is 7.25. The zero-order valence-corrected chi connectivity index (χ0v) is 17.1. The van der Waals surface area contributed by atoms with E-state index in [9.17, 15) is 14.7 Å². The summed E-state index contributed by atoms with van der Waals surface area (Å²) in [6.07, 6.45) is 6.48. The number of ketones is 1. The monoisotopic (exact) mass is 415 g/mol. The predicted octanol–water partition coefficient (Wildman–Crippen LogP) is 3.42. The molecule has 31 heavy (non-hydrogen) atoms. The first-order valence-electron chi connectivity index (χ1n) is 9.73. The summed E-state index contributed by atoms with van der Waals surface area (Å²) in [7, 11) is 1.56. The van der Waals surface area contributed by atoms with Crippen LogP contribution in [-0.4, -0.2) is 38.8 Å². The van der Waals surface area contributed by atoms with Gasteiger partial charge in [-0.2, -0.15) is 0 Å². The van der Waals surface area contributed by atoms with Crippen LogP contribution in [0.1, 0.15) is 28.3 Å². The molecule has 2 aromatic heterocycles. The van der Waals surface area contributed by atoms with E-state index in [0.29, 0.717) is 16.9 Å². The van der Waals surface area contributed by atoms with Crippen LogP contribution in [0.15, 0.2) is 72.8 Å². The van der Waals surface area contributed by atoms with Gasteiger partial charge in [-0.05, 0) is 60.0 Å². The molecule has 156 valence electrons. The van der Waals surface area contributed by atoms with Gasteiger partial charge in [0, 0.05) is 36.9 Å². The van der Waals surface area contributed by atoms with Crippen molar-refractivity contribution in [1.29, 1.82) is 0 Å². The fraction of sp³-hybridized carbons (Fsp3) is 0.167. The van der Waals surface area contributed by atoms with Crippen molar-refractivity contribution < 1.29 is 19.4 Å². The molecule has 1 aliphatic heterocycles. The third-order valence-electron chi connectivity index (χ3n) is 5.33. The maximum atomic E-state index is 13.1. The molecule has 1 aromatic carbocycles. The van der Waals surface area contributed by atoms with Crippen LogP contribution < -0.4 is 4.74 Å². The molecule has 1 aliphatic rings. The molecule has 1 saturated heterocycles. The van der Waals surface area contributed by atoms with Gasteiger partial charge in [0.15, 0.2) is 0 Å². The first-order valence-corrected chi connectivity index (χ1v) is 9.73. The molecule has 3 aromatic rings. The number of aromatic nitrogens is 2. The highest BCUT2D eigenvalue weighted by Gasteiger charge is 2.46. The Morgan fingerprint density at radius 3 is 2.52 bits per heavy atom. The fourth-order valence-corrected chi connectivity index (χ4v) is 3.80. The average molecular weight is 415 g/mol. The number of aliphatic hydroxyl groups excluding tert-OH is 1. The Bertz CT molecular complexity index is 1160. The van der Waals surface area contributed by atoms with Gasteiger partial charge in [-0.25, -0.2) is 0 Å². The number of amides is 1. The molecule has 7 nitrogen and oxygen atoms in total. The van der Waals surface area contributed by atoms with Crippen LogP contribution in [0.5, 0.6) is 5.75 Å². The molecule has 3 heterocycles. The molecule has 0 radical (unpaired) electrons. The molecule has 1 fully saturated rings. The number of hydrogen-bond donors (Lipinski definition) is 1. The van der Waals surface area contributed by atoms with Crippen LogP contribution in [0.2, 0.25) is 0 Å². The Morgan fingerprint density at radius 2 is 1.87 bits per heavy atom. The van der Waals surface area contributed by atoms with Gasteiger partial charge in [0.25, 0.3) is 11.7 Å². The number of rotatable bonds is 5. The number of hydrogen-bond acceptors (Lipinski definition) is 6. The number of carbonyl (C=O) groups is 2. The van der Waals surface area contributed by atoms with Gasteiger partial charge in [-0.15, -0.1) is 0 Å². The molecule has 0 aliphatic carbocycles. The highest BCUT2D eigenvalue weighted by molar-refractivity contribution is 6.46. The summed E-state index contributed by atoms with van der Waals surface area (Å²) < 4.78 is 5.23. The van der Waals surface area contributed by atoms with Crippen LogP contribution >= 0.6 is 0 Å². The minimum absolute atomic E-state index is 0.0494. The molecule has 0 saturated carbocycles. The molecule has 1 unspecified atom stereocenters. The van der Waals surface area contributed by atoms with Crippen molar-refractivity contribution in [3.05, 3.63) is 95.1 Å². The van der Waals surface area contributed by atoms with Crippen LogP contribution in [-0.2, 0) is 16.1 Å². The fourth-order valence-electron chi connectivity index (χ4n) is 3.80. The summed E-state index contributed by atoms with van der Waals surface area (Å²) >= 11 is 0. The van der Waals surface area contributed by atoms with Crippen molar-refractivity contribution in [3.63, 3.8) is 0 Å². The van der Waals surface area contributed by atoms with Gasteiger partial charge >= 0.3 is 0 Å². The second kappa shape index (κ2) is 8.39. The van der Waals surface area contributed by atoms with E-state index in [2.05, 4.69) is 9.97 Å². The topological polar surface area (TPSA) is 92.6 Å². The first kappa shape index (κ1) is 20.3. The molecular weight excluding hydrogens is 394 g/mol. The smallest absolute Gasteiger partial charge is 0.295 e. The Labute approximate surface area is 179 Å². The highest BCUT2D eigenvalue weighted by Crippen LogP contribution is 2.40. The Hall–Kier alpha value is -4.00. The van der Waals surface area contributed by atoms with Gasteiger partial charge in [0.05, 0.1) is 18.7 Å². The van der Waals surface area contributed by atoms with Gasteiger partial charge in [-0.1, -0.05) is 6.07 Å². The zero-order chi connectivity index (χ0) is 22.0. The quantitative estimate of drug-likeness (QED) is 0.390. The van der Waals surface area contributed by atoms with Gasteiger partial charge in [0.1, 0.15) is 11.5 Å². The number of pyridine rings is 2. The lowest BCUT2D eigenvalue weighted by molar-refractivity contribution is -0.140. The maximum absolute atomic E-state index is 13.1. The van der Waals surface area contributed by atoms with E-state index in [0.717, 1.165) is 11.1 Å². The summed E-state index contributed by atoms with van der Waals surface area (Å²) in [6, 6.07) is 11.5. The molecule has 4 rings (SSSR count). The summed E-state index contributed by atoms with van der Waals surface area (Å²) in [5.74, 6) is -0.970. The number of methoxy groups -OCH3 is 1. The third-order valence-corrected chi connectivity index (χ3v) is 5.33. The van der Waals surface area contributed by atoms with Crippen molar-refractivity contribution in [3.8, 4) is 5.75 Å². The third kappa shape index (κ3) is 3.77. The van der Waals surface area contributed by atoms with Crippen molar-refractivity contribution in [2.45, 2.75) is 19.5 Å². The van der Waals surface area contributed by atoms with Crippen molar-refractivity contribution in [2.24, 2.45) is 0 Å². The standard InChI is InChI=1S/C24H21N3O4/c1-15-12-18(31-2)5-6-19(15)22(28)20-21(17-7-10-25-11-8-17)27(24(30)23(20)29)14-16-4-3-9-26-13-16/h3-13,21,28H,14H2,1-2H3. The molecule has 1 N–H and O–H groups in total. The number of ether oxygens (including phenoxy) is 1. The summed E-state index contributed by atoms with van der Waals surface area (Å²) in [6.45, 7) is 1.99. The van der Waals surface area contributed by atoms with E-state index in [-0.39, 0.29) is 17.9 Å². The number of benzene rings is 1. The van der Waals surface area contributed by atoms with E-state index < -0.39 is 17.7 Å². The molecule has 1 amide bonds. The van der Waals surface area contributed by atoms with Crippen LogP contribution in [0.4, 0.5) is 0 Å². The Morgan fingerprint density at radius 1 is 1.10 bits per heavy atom. The van der Waals surface area contributed by atoms with Crippen LogP contribution in [0.25, 0.3) is 5.76 Å². The summed E-state index contributed by atoms with van der Waals surface area (Å²) in [5.41, 5.74) is 2.71. The van der Waals surface area contributed by atoms with E-state index in [1.54, 1.807) is 68.3 Å². The van der Waals surface area contributed by atoms with Gasteiger partial charge < -0.3 is 14.7 Å². The lowest BCUT2D eigenvalue weighted by Crippen LogP contribution is -2.29. The summed E-state index contributed by atoms with van der Waals surface area (Å²) in [4.78, 5) is 35.7. The molecule has 0 bridgehead atoms. The van der Waals surface area contributed by atoms with E-state index >= 15 is 0 Å². The number of aryl methyl sites for hydroxylation is 1.